The van der Waals surface area contributed by atoms with Crippen molar-refractivity contribution in [3.63, 3.8) is 0 Å². The van der Waals surface area contributed by atoms with Gasteiger partial charge in [0.1, 0.15) is 0 Å². The van der Waals surface area contributed by atoms with E-state index >= 15 is 0 Å². The molecule has 9 nitrogen and oxygen atoms in total. The highest BCUT2D eigenvalue weighted by Crippen LogP contribution is 2.08. The molecule has 0 aromatic carbocycles. The molecular weight excluding hydrogens is 244 g/mol. The van der Waals surface area contributed by atoms with Crippen LogP contribution in [0.2, 0.25) is 6.04 Å². The number of aromatic nitrogens is 3. The van der Waals surface area contributed by atoms with Gasteiger partial charge in [-0.05, 0) is 0 Å². The number of anilines is 3. The molecule has 0 saturated carbocycles. The Kier molecular flexibility index (Phi) is 4.57. The predicted molar refractivity (Wildman–Crippen MR) is 64.6 cm³/mol. The van der Waals surface area contributed by atoms with Gasteiger partial charge in [0.15, 0.2) is 0 Å². The van der Waals surface area contributed by atoms with Crippen molar-refractivity contribution in [2.75, 3.05) is 36.6 Å². The number of hydrogen-bond acceptors (Lipinski definition) is 9. The second kappa shape index (κ2) is 5.72. The highest BCUT2D eigenvalue weighted by Gasteiger charge is 2.25. The van der Waals surface area contributed by atoms with Crippen molar-refractivity contribution in [1.29, 1.82) is 0 Å². The summed E-state index contributed by atoms with van der Waals surface area (Å²) in [5, 5.41) is 8.30. The maximum Gasteiger partial charge on any atom is 0.494 e. The van der Waals surface area contributed by atoms with Crippen molar-refractivity contribution in [2.24, 2.45) is 0 Å². The Bertz CT molecular complexity index is 349. The first-order valence-corrected chi connectivity index (χ1v) is 7.02. The van der Waals surface area contributed by atoms with Crippen LogP contribution in [0, 0.1) is 0 Å². The Morgan fingerprint density at radius 2 is 1.41 bits per heavy atom. The molecule has 17 heavy (non-hydrogen) atoms. The molecule has 0 fully saturated rings. The van der Waals surface area contributed by atoms with Gasteiger partial charge in [0.05, 0.1) is 0 Å². The standard InChI is InChI=1S/C7H16N6O3Si/c1-8-5-11-6(9-2)13-7(12-5)10-3-4-17(14,15)16/h14-16H,3-4H2,1-2H3,(H3,8,9,10,11,12,13). The summed E-state index contributed by atoms with van der Waals surface area (Å²) in [4.78, 5) is 38.5. The van der Waals surface area contributed by atoms with Crippen LogP contribution in [-0.4, -0.2) is 58.8 Å². The number of nitrogens with zero attached hydrogens (tertiary/aromatic N) is 3. The van der Waals surface area contributed by atoms with Gasteiger partial charge < -0.3 is 30.3 Å². The monoisotopic (exact) mass is 260 g/mol. The fourth-order valence-corrected chi connectivity index (χ4v) is 1.48. The molecule has 1 aromatic heterocycles. The molecule has 6 N–H and O–H groups in total. The minimum atomic E-state index is -4.02. The van der Waals surface area contributed by atoms with Gasteiger partial charge in [-0.2, -0.15) is 15.0 Å². The molecule has 0 amide bonds. The summed E-state index contributed by atoms with van der Waals surface area (Å²) in [6.07, 6.45) is 0. The zero-order valence-electron chi connectivity index (χ0n) is 9.60. The molecular formula is C7H16N6O3Si. The van der Waals surface area contributed by atoms with Gasteiger partial charge in [-0.1, -0.05) is 0 Å². The van der Waals surface area contributed by atoms with E-state index in [4.69, 9.17) is 14.4 Å². The van der Waals surface area contributed by atoms with Crippen LogP contribution in [-0.2, 0) is 0 Å². The van der Waals surface area contributed by atoms with Crippen LogP contribution in [0.15, 0.2) is 0 Å². The van der Waals surface area contributed by atoms with Gasteiger partial charge in [0.25, 0.3) is 0 Å². The third kappa shape index (κ3) is 4.91. The van der Waals surface area contributed by atoms with Crippen LogP contribution in [0.1, 0.15) is 0 Å². The first-order valence-electron chi connectivity index (χ1n) is 4.97. The van der Waals surface area contributed by atoms with Crippen LogP contribution in [0.25, 0.3) is 0 Å². The number of rotatable bonds is 6. The fraction of sp³-hybridized carbons (Fsp3) is 0.571. The summed E-state index contributed by atoms with van der Waals surface area (Å²) < 4.78 is 0. The van der Waals surface area contributed by atoms with Crippen LogP contribution in [0.4, 0.5) is 17.8 Å². The molecule has 10 heteroatoms. The normalized spacial score (nSPS) is 11.1. The first-order chi connectivity index (χ1) is 7.94. The molecule has 0 radical (unpaired) electrons. The molecule has 0 atom stereocenters. The third-order valence-electron chi connectivity index (χ3n) is 1.83. The lowest BCUT2D eigenvalue weighted by molar-refractivity contribution is 0.229. The lowest BCUT2D eigenvalue weighted by Crippen LogP contribution is -2.36. The van der Waals surface area contributed by atoms with Gasteiger partial charge in [-0.25, -0.2) is 0 Å². The van der Waals surface area contributed by atoms with E-state index in [9.17, 15) is 0 Å². The maximum absolute atomic E-state index is 8.83. The topological polar surface area (TPSA) is 135 Å². The Morgan fingerprint density at radius 1 is 0.941 bits per heavy atom. The number of nitrogens with one attached hydrogen (secondary N) is 3. The third-order valence-corrected chi connectivity index (χ3v) is 2.75. The van der Waals surface area contributed by atoms with Crippen LogP contribution in [0.5, 0.6) is 0 Å². The van der Waals surface area contributed by atoms with Gasteiger partial charge >= 0.3 is 8.80 Å². The second-order valence-electron chi connectivity index (χ2n) is 3.26. The largest absolute Gasteiger partial charge is 0.494 e. The van der Waals surface area contributed by atoms with E-state index in [-0.39, 0.29) is 18.5 Å². The molecule has 0 aliphatic rings. The quantitative estimate of drug-likeness (QED) is 0.330. The first kappa shape index (κ1) is 13.6. The second-order valence-corrected chi connectivity index (χ2v) is 5.31. The van der Waals surface area contributed by atoms with Crippen molar-refractivity contribution in [2.45, 2.75) is 6.04 Å². The summed E-state index contributed by atoms with van der Waals surface area (Å²) in [6, 6.07) is -0.136. The predicted octanol–water partition coefficient (Wildman–Crippen LogP) is -1.72. The maximum atomic E-state index is 8.83. The average molecular weight is 260 g/mol. The van der Waals surface area contributed by atoms with Gasteiger partial charge in [-0.15, -0.1) is 0 Å². The molecule has 0 unspecified atom stereocenters. The fourth-order valence-electron chi connectivity index (χ4n) is 1.02. The Balaban J connectivity index is 2.64. The molecule has 0 spiro atoms. The van der Waals surface area contributed by atoms with E-state index in [1.165, 1.54) is 0 Å². The minimum Gasteiger partial charge on any atom is -0.390 e. The minimum absolute atomic E-state index is 0.136. The highest BCUT2D eigenvalue weighted by atomic mass is 28.4. The lowest BCUT2D eigenvalue weighted by atomic mass is 10.7. The van der Waals surface area contributed by atoms with Crippen LogP contribution in [0.3, 0.4) is 0 Å². The number of hydrogen-bond donors (Lipinski definition) is 6. The van der Waals surface area contributed by atoms with Crippen molar-refractivity contribution in [3.05, 3.63) is 0 Å². The lowest BCUT2D eigenvalue weighted by Gasteiger charge is -2.11. The zero-order chi connectivity index (χ0) is 12.9. The molecule has 1 rings (SSSR count). The van der Waals surface area contributed by atoms with E-state index in [0.717, 1.165) is 0 Å². The SMILES string of the molecule is CNc1nc(NC)nc(NCC[Si](O)(O)O)n1. The molecule has 0 aliphatic heterocycles. The molecule has 1 heterocycles. The van der Waals surface area contributed by atoms with Crippen molar-refractivity contribution >= 4 is 26.6 Å². The summed E-state index contributed by atoms with van der Waals surface area (Å²) in [5.41, 5.74) is 0. The van der Waals surface area contributed by atoms with E-state index in [1.54, 1.807) is 14.1 Å². The van der Waals surface area contributed by atoms with Gasteiger partial charge in [0, 0.05) is 26.7 Å². The van der Waals surface area contributed by atoms with E-state index in [0.29, 0.717) is 11.9 Å². The smallest absolute Gasteiger partial charge is 0.390 e. The van der Waals surface area contributed by atoms with E-state index in [1.807, 2.05) is 0 Å². The van der Waals surface area contributed by atoms with Crippen LogP contribution < -0.4 is 16.0 Å². The van der Waals surface area contributed by atoms with E-state index in [2.05, 4.69) is 30.9 Å². The Hall–Kier alpha value is -1.49. The highest BCUT2D eigenvalue weighted by molar-refractivity contribution is 6.56. The Morgan fingerprint density at radius 3 is 1.82 bits per heavy atom. The van der Waals surface area contributed by atoms with Gasteiger partial charge in [0.2, 0.25) is 17.8 Å². The summed E-state index contributed by atoms with van der Waals surface area (Å²) >= 11 is 0. The van der Waals surface area contributed by atoms with Crippen molar-refractivity contribution < 1.29 is 14.4 Å². The van der Waals surface area contributed by atoms with Crippen LogP contribution >= 0.6 is 0 Å². The Labute approximate surface area is 99.3 Å². The summed E-state index contributed by atoms with van der Waals surface area (Å²) in [6.45, 7) is 0.159. The average Bonchev–Trinajstić information content (AvgIpc) is 2.26. The summed E-state index contributed by atoms with van der Waals surface area (Å²) in [7, 11) is -0.675. The molecule has 0 saturated heterocycles. The summed E-state index contributed by atoms with van der Waals surface area (Å²) in [5.74, 6) is 1.05. The molecule has 1 aromatic rings. The van der Waals surface area contributed by atoms with Crippen molar-refractivity contribution in [1.82, 2.24) is 15.0 Å². The van der Waals surface area contributed by atoms with Crippen molar-refractivity contribution in [3.8, 4) is 0 Å². The molecule has 0 bridgehead atoms. The molecule has 96 valence electrons. The van der Waals surface area contributed by atoms with Gasteiger partial charge in [-0.3, -0.25) is 0 Å². The van der Waals surface area contributed by atoms with E-state index < -0.39 is 8.80 Å². The molecule has 0 aliphatic carbocycles. The zero-order valence-corrected chi connectivity index (χ0v) is 10.6.